The summed E-state index contributed by atoms with van der Waals surface area (Å²) in [4.78, 5) is 15.9. The second kappa shape index (κ2) is 10.8. The number of carbonyl (C=O) groups excluding carboxylic acids is 1. The molecule has 1 saturated heterocycles. The number of ketones is 1. The molecular weight excluding hydrogens is 367 g/mol. The van der Waals surface area contributed by atoms with Crippen molar-refractivity contribution in [1.82, 2.24) is 9.80 Å². The van der Waals surface area contributed by atoms with Crippen molar-refractivity contribution in [3.8, 4) is 0 Å². The predicted molar refractivity (Wildman–Crippen MR) is 113 cm³/mol. The summed E-state index contributed by atoms with van der Waals surface area (Å²) in [6.07, 6.45) is 3.80. The Morgan fingerprint density at radius 3 is 2.50 bits per heavy atom. The Hall–Kier alpha value is -1.29. The van der Waals surface area contributed by atoms with E-state index >= 15 is 0 Å². The number of halogens is 2. The van der Waals surface area contributed by atoms with Gasteiger partial charge in [0, 0.05) is 41.8 Å². The zero-order valence-electron chi connectivity index (χ0n) is 16.5. The molecule has 1 aliphatic heterocycles. The van der Waals surface area contributed by atoms with Gasteiger partial charge >= 0.3 is 0 Å². The average Bonchev–Trinajstić information content (AvgIpc) is 2.59. The molecule has 5 heteroatoms. The summed E-state index contributed by atoms with van der Waals surface area (Å²) in [6, 6.07) is 5.96. The van der Waals surface area contributed by atoms with Crippen LogP contribution in [0.5, 0.6) is 0 Å². The van der Waals surface area contributed by atoms with Crippen LogP contribution >= 0.6 is 23.2 Å². The number of nitrogens with zero attached hydrogens (tertiary/aromatic N) is 2. The van der Waals surface area contributed by atoms with Crippen molar-refractivity contribution in [2.45, 2.75) is 46.6 Å². The highest BCUT2D eigenvalue weighted by molar-refractivity contribution is 6.33. The normalized spacial score (nSPS) is 18.4. The topological polar surface area (TPSA) is 23.6 Å². The highest BCUT2D eigenvalue weighted by Crippen LogP contribution is 2.22. The van der Waals surface area contributed by atoms with Gasteiger partial charge in [-0.1, -0.05) is 49.7 Å². The van der Waals surface area contributed by atoms with Crippen molar-refractivity contribution in [2.75, 3.05) is 20.1 Å². The van der Waals surface area contributed by atoms with E-state index in [1.165, 1.54) is 0 Å². The Balaban J connectivity index is 0.000000289. The molecule has 144 valence electrons. The third-order valence-corrected chi connectivity index (χ3v) is 5.05. The summed E-state index contributed by atoms with van der Waals surface area (Å²) in [5, 5.41) is 1.55. The van der Waals surface area contributed by atoms with Gasteiger partial charge < -0.3 is 4.90 Å². The maximum absolute atomic E-state index is 11.6. The summed E-state index contributed by atoms with van der Waals surface area (Å²) in [5.41, 5.74) is 2.91. The van der Waals surface area contributed by atoms with Gasteiger partial charge in [0.1, 0.15) is 0 Å². The first-order valence-electron chi connectivity index (χ1n) is 9.01. The molecule has 1 unspecified atom stereocenters. The van der Waals surface area contributed by atoms with Crippen LogP contribution in [0, 0.1) is 0 Å². The predicted octanol–water partition coefficient (Wildman–Crippen LogP) is 5.57. The fourth-order valence-corrected chi connectivity index (χ4v) is 3.23. The first-order chi connectivity index (χ1) is 12.2. The number of carbonyl (C=O) groups is 1. The molecule has 1 aromatic rings. The quantitative estimate of drug-likeness (QED) is 0.620. The number of aryl methyl sites for hydroxylation is 1. The first-order valence-corrected chi connectivity index (χ1v) is 9.77. The van der Waals surface area contributed by atoms with Gasteiger partial charge in [-0.2, -0.15) is 0 Å². The maximum Gasteiger partial charge on any atom is 0.175 e. The van der Waals surface area contributed by atoms with Gasteiger partial charge in [-0.05, 0) is 50.6 Å². The minimum absolute atomic E-state index is 0.125. The van der Waals surface area contributed by atoms with Crippen LogP contribution in [0.15, 0.2) is 42.2 Å². The number of hydrogen-bond donors (Lipinski definition) is 0. The lowest BCUT2D eigenvalue weighted by atomic mass is 10.1. The number of hydrogen-bond acceptors (Lipinski definition) is 3. The molecule has 26 heavy (non-hydrogen) atoms. The van der Waals surface area contributed by atoms with Crippen LogP contribution in [0.1, 0.15) is 39.7 Å². The van der Waals surface area contributed by atoms with E-state index in [4.69, 9.17) is 23.2 Å². The van der Waals surface area contributed by atoms with Crippen LogP contribution in [0.25, 0.3) is 0 Å². The molecule has 0 amide bonds. The maximum atomic E-state index is 11.6. The molecule has 0 radical (unpaired) electrons. The van der Waals surface area contributed by atoms with Gasteiger partial charge in [-0.3, -0.25) is 9.69 Å². The molecule has 1 fully saturated rings. The monoisotopic (exact) mass is 396 g/mol. The molecule has 3 nitrogen and oxygen atoms in total. The summed E-state index contributed by atoms with van der Waals surface area (Å²) < 4.78 is 0. The van der Waals surface area contributed by atoms with Crippen LogP contribution in [0.2, 0.25) is 10.0 Å². The number of piperazine rings is 1. The average molecular weight is 397 g/mol. The molecular formula is C21H30Cl2N2O. The number of allylic oxidation sites excluding steroid dienone is 2. The van der Waals surface area contributed by atoms with Crippen molar-refractivity contribution in [3.63, 3.8) is 0 Å². The molecule has 0 saturated carbocycles. The van der Waals surface area contributed by atoms with E-state index in [0.29, 0.717) is 6.04 Å². The summed E-state index contributed by atoms with van der Waals surface area (Å²) in [7, 11) is 2.09. The minimum atomic E-state index is 0.125. The van der Waals surface area contributed by atoms with Crippen LogP contribution < -0.4 is 0 Å². The van der Waals surface area contributed by atoms with E-state index in [9.17, 15) is 4.79 Å². The Morgan fingerprint density at radius 2 is 2.00 bits per heavy atom. The molecule has 1 heterocycles. The van der Waals surface area contributed by atoms with Crippen molar-refractivity contribution in [3.05, 3.63) is 57.9 Å². The van der Waals surface area contributed by atoms with Gasteiger partial charge in [0.25, 0.3) is 0 Å². The number of benzene rings is 1. The smallest absolute Gasteiger partial charge is 0.175 e. The Kier molecular flexibility index (Phi) is 9.42. The lowest BCUT2D eigenvalue weighted by Gasteiger charge is -2.41. The van der Waals surface area contributed by atoms with Crippen molar-refractivity contribution < 1.29 is 4.79 Å². The number of rotatable bonds is 4. The minimum Gasteiger partial charge on any atom is -0.340 e. The van der Waals surface area contributed by atoms with E-state index in [2.05, 4.69) is 37.3 Å². The first kappa shape index (κ1) is 22.8. The van der Waals surface area contributed by atoms with E-state index in [-0.39, 0.29) is 5.78 Å². The molecule has 1 atom stereocenters. The lowest BCUT2D eigenvalue weighted by Crippen LogP contribution is -2.48. The molecule has 2 rings (SSSR count). The van der Waals surface area contributed by atoms with Crippen LogP contribution in [0.4, 0.5) is 0 Å². The lowest BCUT2D eigenvalue weighted by molar-refractivity contribution is -0.115. The highest BCUT2D eigenvalue weighted by Gasteiger charge is 2.26. The van der Waals surface area contributed by atoms with Crippen molar-refractivity contribution in [1.29, 1.82) is 0 Å². The standard InChI is InChI=1S/C13H22N2O.C8H8Cl2/c1-6-7-13(12(4)16)15-9-10(2)14(5)8-11(15)3;1-2-6-5-7(9)3-4-8(6)10/h7,10H,3,6,8-9H2,1-2,4-5H3;3-5H,2H2,1H3/b13-7-;. The molecule has 0 aromatic heterocycles. The number of Topliss-reactive ketones (excluding diaryl/α,β-unsaturated/α-hetero) is 1. The Labute approximate surface area is 168 Å². The fraction of sp³-hybridized carbons (Fsp3) is 0.476. The zero-order valence-corrected chi connectivity index (χ0v) is 18.0. The summed E-state index contributed by atoms with van der Waals surface area (Å²) in [6.45, 7) is 13.6. The SMILES string of the molecule is C=C1CN(C)C(C)CN1/C(=C\CC)C(C)=O.CCc1cc(Cl)ccc1Cl. The zero-order chi connectivity index (χ0) is 19.9. The van der Waals surface area contributed by atoms with E-state index in [1.807, 2.05) is 25.1 Å². The van der Waals surface area contributed by atoms with Gasteiger partial charge in [0.15, 0.2) is 5.78 Å². The van der Waals surface area contributed by atoms with Crippen LogP contribution in [-0.2, 0) is 11.2 Å². The third kappa shape index (κ3) is 6.46. The highest BCUT2D eigenvalue weighted by atomic mass is 35.5. The van der Waals surface area contributed by atoms with Gasteiger partial charge in [-0.25, -0.2) is 0 Å². The van der Waals surface area contributed by atoms with Gasteiger partial charge in [0.2, 0.25) is 0 Å². The van der Waals surface area contributed by atoms with Crippen molar-refractivity contribution >= 4 is 29.0 Å². The molecule has 0 spiro atoms. The van der Waals surface area contributed by atoms with Crippen LogP contribution in [-0.4, -0.2) is 41.8 Å². The second-order valence-corrected chi connectivity index (χ2v) is 7.43. The molecule has 0 bridgehead atoms. The van der Waals surface area contributed by atoms with Crippen molar-refractivity contribution in [2.24, 2.45) is 0 Å². The summed E-state index contributed by atoms with van der Waals surface area (Å²) in [5.74, 6) is 0.125. The molecule has 1 aromatic carbocycles. The van der Waals surface area contributed by atoms with Gasteiger partial charge in [-0.15, -0.1) is 0 Å². The molecule has 0 aliphatic carbocycles. The number of likely N-dealkylation sites (N-methyl/N-ethyl adjacent to an activating group) is 1. The van der Waals surface area contributed by atoms with Gasteiger partial charge in [0.05, 0.1) is 5.70 Å². The molecule has 0 N–H and O–H groups in total. The Bertz CT molecular complexity index is 670. The van der Waals surface area contributed by atoms with E-state index in [1.54, 1.807) is 13.0 Å². The third-order valence-electron chi connectivity index (χ3n) is 4.45. The molecule has 1 aliphatic rings. The van der Waals surface area contributed by atoms with E-state index < -0.39 is 0 Å². The van der Waals surface area contributed by atoms with E-state index in [0.717, 1.165) is 52.9 Å². The largest absolute Gasteiger partial charge is 0.340 e. The fourth-order valence-electron chi connectivity index (χ4n) is 2.78. The Morgan fingerprint density at radius 1 is 1.35 bits per heavy atom. The second-order valence-electron chi connectivity index (χ2n) is 6.58. The summed E-state index contributed by atoms with van der Waals surface area (Å²) >= 11 is 11.6. The van der Waals surface area contributed by atoms with Crippen LogP contribution in [0.3, 0.4) is 0 Å².